The topological polar surface area (TPSA) is 29.9 Å². The largest absolute Gasteiger partial charge is 0.334 e. The molecule has 16 heavy (non-hydrogen) atoms. The van der Waals surface area contributed by atoms with Crippen LogP contribution in [-0.4, -0.2) is 16.6 Å². The third-order valence-corrected chi connectivity index (χ3v) is 3.79. The Balaban J connectivity index is 2.03. The predicted octanol–water partition coefficient (Wildman–Crippen LogP) is 2.74. The molecule has 0 spiro atoms. The van der Waals surface area contributed by atoms with Gasteiger partial charge in [-0.25, -0.2) is 4.98 Å². The molecule has 2 rings (SSSR count). The van der Waals surface area contributed by atoms with Crippen molar-refractivity contribution in [2.24, 2.45) is 5.92 Å². The van der Waals surface area contributed by atoms with Crippen molar-refractivity contribution >= 4 is 0 Å². The van der Waals surface area contributed by atoms with Gasteiger partial charge in [0.05, 0.1) is 6.04 Å². The van der Waals surface area contributed by atoms with Gasteiger partial charge in [0, 0.05) is 18.9 Å². The first-order valence-electron chi connectivity index (χ1n) is 6.53. The van der Waals surface area contributed by atoms with Crippen molar-refractivity contribution in [2.45, 2.75) is 51.6 Å². The number of hydrogen-bond acceptors (Lipinski definition) is 2. The van der Waals surface area contributed by atoms with E-state index in [0.29, 0.717) is 6.04 Å². The molecular formula is C13H23N3. The zero-order chi connectivity index (χ0) is 11.4. The van der Waals surface area contributed by atoms with E-state index in [9.17, 15) is 0 Å². The molecule has 1 aromatic heterocycles. The highest BCUT2D eigenvalue weighted by Gasteiger charge is 2.22. The summed E-state index contributed by atoms with van der Waals surface area (Å²) in [7, 11) is 2.05. The molecule has 0 bridgehead atoms. The van der Waals surface area contributed by atoms with Gasteiger partial charge in [0.25, 0.3) is 0 Å². The Kier molecular flexibility index (Phi) is 3.99. The summed E-state index contributed by atoms with van der Waals surface area (Å²) in [6.45, 7) is 3.19. The van der Waals surface area contributed by atoms with Gasteiger partial charge in [0.15, 0.2) is 0 Å². The summed E-state index contributed by atoms with van der Waals surface area (Å²) in [6.07, 6.45) is 10.9. The highest BCUT2D eigenvalue weighted by atomic mass is 15.1. The minimum atomic E-state index is 0.429. The maximum atomic E-state index is 4.50. The Morgan fingerprint density at radius 1 is 1.50 bits per heavy atom. The van der Waals surface area contributed by atoms with Crippen LogP contribution < -0.4 is 5.32 Å². The van der Waals surface area contributed by atoms with E-state index in [4.69, 9.17) is 0 Å². The van der Waals surface area contributed by atoms with Gasteiger partial charge in [-0.05, 0) is 26.3 Å². The standard InChI is InChI=1S/C13H23N3/c1-3-16-9-8-15-13(16)12(14-2)10-11-6-4-5-7-11/h8-9,11-12,14H,3-7,10H2,1-2H3. The molecule has 1 atom stereocenters. The van der Waals surface area contributed by atoms with Crippen LogP contribution >= 0.6 is 0 Å². The number of rotatable bonds is 5. The fourth-order valence-electron chi connectivity index (χ4n) is 2.83. The van der Waals surface area contributed by atoms with Gasteiger partial charge in [-0.3, -0.25) is 0 Å². The monoisotopic (exact) mass is 221 g/mol. The van der Waals surface area contributed by atoms with Gasteiger partial charge in [-0.1, -0.05) is 25.7 Å². The summed E-state index contributed by atoms with van der Waals surface area (Å²) < 4.78 is 2.25. The second-order valence-corrected chi connectivity index (χ2v) is 4.80. The number of nitrogens with one attached hydrogen (secondary N) is 1. The summed E-state index contributed by atoms with van der Waals surface area (Å²) in [5.41, 5.74) is 0. The van der Waals surface area contributed by atoms with Crippen molar-refractivity contribution < 1.29 is 0 Å². The summed E-state index contributed by atoms with van der Waals surface area (Å²) in [5.74, 6) is 2.11. The molecule has 0 amide bonds. The molecule has 0 aromatic carbocycles. The first-order valence-corrected chi connectivity index (χ1v) is 6.53. The molecule has 90 valence electrons. The van der Waals surface area contributed by atoms with E-state index < -0.39 is 0 Å². The highest BCUT2D eigenvalue weighted by molar-refractivity contribution is 5.00. The van der Waals surface area contributed by atoms with Crippen LogP contribution in [-0.2, 0) is 6.54 Å². The molecule has 1 aliphatic carbocycles. The number of hydrogen-bond donors (Lipinski definition) is 1. The SMILES string of the molecule is CCn1ccnc1C(CC1CCCC1)NC. The van der Waals surface area contributed by atoms with Gasteiger partial charge < -0.3 is 9.88 Å². The second-order valence-electron chi connectivity index (χ2n) is 4.80. The minimum Gasteiger partial charge on any atom is -0.334 e. The lowest BCUT2D eigenvalue weighted by Crippen LogP contribution is -2.22. The third kappa shape index (κ3) is 2.46. The van der Waals surface area contributed by atoms with E-state index in [-0.39, 0.29) is 0 Å². The predicted molar refractivity (Wildman–Crippen MR) is 66.3 cm³/mol. The Bertz CT molecular complexity index is 313. The molecule has 3 nitrogen and oxygen atoms in total. The van der Waals surface area contributed by atoms with Crippen LogP contribution in [0.1, 0.15) is 50.9 Å². The average Bonchev–Trinajstić information content (AvgIpc) is 2.96. The molecule has 0 radical (unpaired) electrons. The summed E-state index contributed by atoms with van der Waals surface area (Å²) in [6, 6.07) is 0.429. The van der Waals surface area contributed by atoms with E-state index in [1.54, 1.807) is 0 Å². The van der Waals surface area contributed by atoms with Gasteiger partial charge >= 0.3 is 0 Å². The summed E-state index contributed by atoms with van der Waals surface area (Å²) >= 11 is 0. The van der Waals surface area contributed by atoms with E-state index in [2.05, 4.69) is 28.0 Å². The van der Waals surface area contributed by atoms with Gasteiger partial charge in [0.1, 0.15) is 5.82 Å². The average molecular weight is 221 g/mol. The van der Waals surface area contributed by atoms with Crippen LogP contribution in [0.4, 0.5) is 0 Å². The number of nitrogens with zero attached hydrogens (tertiary/aromatic N) is 2. The molecule has 0 aliphatic heterocycles. The van der Waals surface area contributed by atoms with Gasteiger partial charge in [-0.15, -0.1) is 0 Å². The van der Waals surface area contributed by atoms with Gasteiger partial charge in [-0.2, -0.15) is 0 Å². The van der Waals surface area contributed by atoms with Crippen molar-refractivity contribution in [3.8, 4) is 0 Å². The Hall–Kier alpha value is -0.830. The van der Waals surface area contributed by atoms with Gasteiger partial charge in [0.2, 0.25) is 0 Å². The Morgan fingerprint density at radius 3 is 2.88 bits per heavy atom. The molecule has 1 N–H and O–H groups in total. The maximum Gasteiger partial charge on any atom is 0.125 e. The molecule has 3 heteroatoms. The molecule has 1 aliphatic rings. The second kappa shape index (κ2) is 5.48. The quantitative estimate of drug-likeness (QED) is 0.828. The lowest BCUT2D eigenvalue weighted by molar-refractivity contribution is 0.392. The molecular weight excluding hydrogens is 198 g/mol. The first-order chi connectivity index (χ1) is 7.85. The fourth-order valence-corrected chi connectivity index (χ4v) is 2.83. The molecule has 1 aromatic rings. The first kappa shape index (κ1) is 11.6. The van der Waals surface area contributed by atoms with E-state index in [1.165, 1.54) is 37.9 Å². The maximum absolute atomic E-state index is 4.50. The summed E-state index contributed by atoms with van der Waals surface area (Å²) in [4.78, 5) is 4.50. The normalized spacial score (nSPS) is 19.1. The molecule has 1 fully saturated rings. The fraction of sp³-hybridized carbons (Fsp3) is 0.769. The minimum absolute atomic E-state index is 0.429. The van der Waals surface area contributed by atoms with Crippen LogP contribution in [0.3, 0.4) is 0 Å². The van der Waals surface area contributed by atoms with Crippen LogP contribution in [0.5, 0.6) is 0 Å². The smallest absolute Gasteiger partial charge is 0.125 e. The number of aryl methyl sites for hydroxylation is 1. The van der Waals surface area contributed by atoms with Crippen molar-refractivity contribution in [1.29, 1.82) is 0 Å². The molecule has 0 saturated heterocycles. The zero-order valence-electron chi connectivity index (χ0n) is 10.4. The van der Waals surface area contributed by atoms with Crippen LogP contribution in [0.2, 0.25) is 0 Å². The Labute approximate surface area is 98.3 Å². The van der Waals surface area contributed by atoms with Crippen molar-refractivity contribution in [2.75, 3.05) is 7.05 Å². The van der Waals surface area contributed by atoms with E-state index in [1.807, 2.05) is 13.2 Å². The molecule has 1 unspecified atom stereocenters. The van der Waals surface area contributed by atoms with Crippen molar-refractivity contribution in [3.63, 3.8) is 0 Å². The van der Waals surface area contributed by atoms with Crippen molar-refractivity contribution in [3.05, 3.63) is 18.2 Å². The number of aromatic nitrogens is 2. The highest BCUT2D eigenvalue weighted by Crippen LogP contribution is 2.32. The Morgan fingerprint density at radius 2 is 2.25 bits per heavy atom. The zero-order valence-corrected chi connectivity index (χ0v) is 10.4. The van der Waals surface area contributed by atoms with Crippen LogP contribution in [0.15, 0.2) is 12.4 Å². The third-order valence-electron chi connectivity index (χ3n) is 3.79. The van der Waals surface area contributed by atoms with Crippen molar-refractivity contribution in [1.82, 2.24) is 14.9 Å². The summed E-state index contributed by atoms with van der Waals surface area (Å²) in [5, 5.41) is 3.42. The number of imidazole rings is 1. The van der Waals surface area contributed by atoms with E-state index in [0.717, 1.165) is 12.5 Å². The van der Waals surface area contributed by atoms with Crippen LogP contribution in [0.25, 0.3) is 0 Å². The molecule has 1 saturated carbocycles. The lowest BCUT2D eigenvalue weighted by atomic mass is 9.98. The van der Waals surface area contributed by atoms with Crippen LogP contribution in [0, 0.1) is 5.92 Å². The molecule has 1 heterocycles. The lowest BCUT2D eigenvalue weighted by Gasteiger charge is -2.20. The van der Waals surface area contributed by atoms with E-state index >= 15 is 0 Å².